The fourth-order valence-corrected chi connectivity index (χ4v) is 2.81. The van der Waals surface area contributed by atoms with Gasteiger partial charge in [-0.15, -0.1) is 0 Å². The van der Waals surface area contributed by atoms with Gasteiger partial charge in [-0.2, -0.15) is 0 Å². The van der Waals surface area contributed by atoms with Crippen molar-refractivity contribution >= 4 is 5.91 Å². The Balaban J connectivity index is 1.89. The second-order valence-electron chi connectivity index (χ2n) is 6.10. The van der Waals surface area contributed by atoms with E-state index in [1.54, 1.807) is 12.3 Å². The van der Waals surface area contributed by atoms with Crippen molar-refractivity contribution in [3.8, 4) is 22.8 Å². The van der Waals surface area contributed by atoms with Crippen LogP contribution in [0.25, 0.3) is 22.8 Å². The molecular weight excluding hydrogens is 312 g/mol. The summed E-state index contributed by atoms with van der Waals surface area (Å²) >= 11 is 0. The second-order valence-corrected chi connectivity index (χ2v) is 6.10. The van der Waals surface area contributed by atoms with Gasteiger partial charge in [0.25, 0.3) is 5.91 Å². The molecule has 1 N–H and O–H groups in total. The molecule has 1 atom stereocenters. The highest BCUT2D eigenvalue weighted by Crippen LogP contribution is 2.28. The highest BCUT2D eigenvalue weighted by molar-refractivity contribution is 6.00. The zero-order chi connectivity index (χ0) is 17.6. The third-order valence-electron chi connectivity index (χ3n) is 4.07. The van der Waals surface area contributed by atoms with Gasteiger partial charge in [0.15, 0.2) is 5.76 Å². The van der Waals surface area contributed by atoms with Crippen LogP contribution in [0.4, 0.5) is 0 Å². The Morgan fingerprint density at radius 2 is 1.84 bits per heavy atom. The van der Waals surface area contributed by atoms with Crippen LogP contribution in [-0.4, -0.2) is 16.9 Å². The van der Waals surface area contributed by atoms with Gasteiger partial charge < -0.3 is 9.73 Å². The highest BCUT2D eigenvalue weighted by atomic mass is 16.4. The summed E-state index contributed by atoms with van der Waals surface area (Å²) in [4.78, 5) is 17.0. The minimum Gasteiger partial charge on any atom is -0.436 e. The molecule has 0 aliphatic heterocycles. The summed E-state index contributed by atoms with van der Waals surface area (Å²) in [6.45, 7) is 4.12. The summed E-state index contributed by atoms with van der Waals surface area (Å²) in [6, 6.07) is 17.3. The van der Waals surface area contributed by atoms with Crippen LogP contribution < -0.4 is 5.32 Å². The zero-order valence-electron chi connectivity index (χ0n) is 14.5. The molecule has 3 rings (SSSR count). The maximum atomic E-state index is 12.6. The molecule has 25 heavy (non-hydrogen) atoms. The van der Waals surface area contributed by atoms with Gasteiger partial charge in [-0.3, -0.25) is 4.79 Å². The van der Waals surface area contributed by atoms with E-state index >= 15 is 0 Å². The van der Waals surface area contributed by atoms with E-state index in [2.05, 4.69) is 17.2 Å². The Labute approximate surface area is 147 Å². The maximum absolute atomic E-state index is 12.6. The SMILES string of the molecule is CCC[C@@H](C)NC(=O)c1ccccc1-c1ncc(-c2ccccc2)o1. The quantitative estimate of drug-likeness (QED) is 0.695. The third-order valence-corrected chi connectivity index (χ3v) is 4.07. The Bertz CT molecular complexity index is 840. The predicted octanol–water partition coefficient (Wildman–Crippen LogP) is 4.93. The van der Waals surface area contributed by atoms with Crippen LogP contribution in [0.15, 0.2) is 65.2 Å². The predicted molar refractivity (Wildman–Crippen MR) is 99.2 cm³/mol. The van der Waals surface area contributed by atoms with E-state index in [9.17, 15) is 4.79 Å². The first-order valence-corrected chi connectivity index (χ1v) is 8.60. The molecular formula is C21H22N2O2. The number of nitrogens with zero attached hydrogens (tertiary/aromatic N) is 1. The molecule has 0 unspecified atom stereocenters. The Hall–Kier alpha value is -2.88. The normalized spacial score (nSPS) is 11.9. The van der Waals surface area contributed by atoms with Crippen LogP contribution in [0.3, 0.4) is 0 Å². The molecule has 1 heterocycles. The smallest absolute Gasteiger partial charge is 0.252 e. The molecule has 1 aromatic heterocycles. The minimum absolute atomic E-state index is 0.101. The standard InChI is InChI=1S/C21H22N2O2/c1-3-9-15(2)23-20(24)17-12-7-8-13-18(17)21-22-14-19(25-21)16-10-5-4-6-11-16/h4-8,10-15H,3,9H2,1-2H3,(H,23,24)/t15-/m1/s1. The molecule has 0 aliphatic carbocycles. The number of amides is 1. The van der Waals surface area contributed by atoms with Gasteiger partial charge in [-0.25, -0.2) is 4.98 Å². The number of aromatic nitrogens is 1. The van der Waals surface area contributed by atoms with Crippen molar-refractivity contribution in [3.05, 3.63) is 66.4 Å². The fourth-order valence-electron chi connectivity index (χ4n) is 2.81. The van der Waals surface area contributed by atoms with Crippen LogP contribution in [0.5, 0.6) is 0 Å². The van der Waals surface area contributed by atoms with Crippen LogP contribution >= 0.6 is 0 Å². The number of hydrogen-bond donors (Lipinski definition) is 1. The topological polar surface area (TPSA) is 55.1 Å². The van der Waals surface area contributed by atoms with Crippen molar-refractivity contribution < 1.29 is 9.21 Å². The largest absolute Gasteiger partial charge is 0.436 e. The molecule has 4 heteroatoms. The fraction of sp³-hybridized carbons (Fsp3) is 0.238. The van der Waals surface area contributed by atoms with E-state index in [4.69, 9.17) is 4.42 Å². The monoisotopic (exact) mass is 334 g/mol. The van der Waals surface area contributed by atoms with Crippen molar-refractivity contribution in [3.63, 3.8) is 0 Å². The lowest BCUT2D eigenvalue weighted by Gasteiger charge is -2.14. The molecule has 0 fully saturated rings. The molecule has 0 aliphatic rings. The van der Waals surface area contributed by atoms with E-state index < -0.39 is 0 Å². The van der Waals surface area contributed by atoms with Gasteiger partial charge in [0.05, 0.1) is 11.8 Å². The molecule has 0 radical (unpaired) electrons. The molecule has 3 aromatic rings. The van der Waals surface area contributed by atoms with E-state index in [0.29, 0.717) is 22.8 Å². The van der Waals surface area contributed by atoms with Crippen LogP contribution in [0, 0.1) is 0 Å². The summed E-state index contributed by atoms with van der Waals surface area (Å²) in [5.41, 5.74) is 2.23. The Morgan fingerprint density at radius 1 is 1.12 bits per heavy atom. The average molecular weight is 334 g/mol. The molecule has 4 nitrogen and oxygen atoms in total. The highest BCUT2D eigenvalue weighted by Gasteiger charge is 2.18. The van der Waals surface area contributed by atoms with Gasteiger partial charge in [0.1, 0.15) is 0 Å². The van der Waals surface area contributed by atoms with E-state index in [1.807, 2.05) is 55.5 Å². The maximum Gasteiger partial charge on any atom is 0.252 e. The van der Waals surface area contributed by atoms with Crippen LogP contribution in [0.2, 0.25) is 0 Å². The number of nitrogens with one attached hydrogen (secondary N) is 1. The first kappa shape index (κ1) is 17.0. The molecule has 2 aromatic carbocycles. The summed E-state index contributed by atoms with van der Waals surface area (Å²) < 4.78 is 5.91. The van der Waals surface area contributed by atoms with E-state index in [0.717, 1.165) is 18.4 Å². The first-order chi connectivity index (χ1) is 12.2. The molecule has 0 saturated heterocycles. The summed E-state index contributed by atoms with van der Waals surface area (Å²) in [5, 5.41) is 3.04. The third kappa shape index (κ3) is 3.97. The van der Waals surface area contributed by atoms with Gasteiger partial charge in [0, 0.05) is 17.2 Å². The van der Waals surface area contributed by atoms with Gasteiger partial charge in [0.2, 0.25) is 5.89 Å². The lowest BCUT2D eigenvalue weighted by molar-refractivity contribution is 0.0938. The molecule has 0 saturated carbocycles. The first-order valence-electron chi connectivity index (χ1n) is 8.60. The Morgan fingerprint density at radius 3 is 2.60 bits per heavy atom. The summed E-state index contributed by atoms with van der Waals surface area (Å²) in [6.07, 6.45) is 3.67. The number of oxazole rings is 1. The molecule has 0 spiro atoms. The molecule has 0 bridgehead atoms. The van der Waals surface area contributed by atoms with Gasteiger partial charge in [-0.1, -0.05) is 55.8 Å². The number of hydrogen-bond acceptors (Lipinski definition) is 3. The minimum atomic E-state index is -0.101. The summed E-state index contributed by atoms with van der Waals surface area (Å²) in [7, 11) is 0. The number of rotatable bonds is 6. The van der Waals surface area contributed by atoms with Crippen molar-refractivity contribution in [2.24, 2.45) is 0 Å². The molecule has 128 valence electrons. The average Bonchev–Trinajstić information content (AvgIpc) is 3.12. The van der Waals surface area contributed by atoms with Gasteiger partial charge in [-0.05, 0) is 25.5 Å². The van der Waals surface area contributed by atoms with Crippen molar-refractivity contribution in [2.45, 2.75) is 32.7 Å². The number of carbonyl (C=O) groups is 1. The van der Waals surface area contributed by atoms with Crippen molar-refractivity contribution in [1.29, 1.82) is 0 Å². The van der Waals surface area contributed by atoms with Crippen molar-refractivity contribution in [2.75, 3.05) is 0 Å². The summed E-state index contributed by atoms with van der Waals surface area (Å²) in [5.74, 6) is 1.04. The number of benzene rings is 2. The lowest BCUT2D eigenvalue weighted by Crippen LogP contribution is -2.32. The van der Waals surface area contributed by atoms with E-state index in [-0.39, 0.29) is 11.9 Å². The lowest BCUT2D eigenvalue weighted by atomic mass is 10.1. The van der Waals surface area contributed by atoms with Gasteiger partial charge >= 0.3 is 0 Å². The van der Waals surface area contributed by atoms with E-state index in [1.165, 1.54) is 0 Å². The van der Waals surface area contributed by atoms with Crippen molar-refractivity contribution in [1.82, 2.24) is 10.3 Å². The molecule has 1 amide bonds. The number of carbonyl (C=O) groups excluding carboxylic acids is 1. The van der Waals surface area contributed by atoms with Crippen LogP contribution in [0.1, 0.15) is 37.0 Å². The zero-order valence-corrected chi connectivity index (χ0v) is 14.5. The Kier molecular flexibility index (Phi) is 5.29. The second kappa shape index (κ2) is 7.79. The van der Waals surface area contributed by atoms with Crippen LogP contribution in [-0.2, 0) is 0 Å².